The van der Waals surface area contributed by atoms with Crippen LogP contribution in [-0.4, -0.2) is 10.7 Å². The molecule has 4 rings (SSSR count). The van der Waals surface area contributed by atoms with E-state index in [4.69, 9.17) is 10.7 Å². The highest BCUT2D eigenvalue weighted by molar-refractivity contribution is 6.10. The Bertz CT molecular complexity index is 774. The molecule has 1 aromatic carbocycles. The Balaban J connectivity index is 1.65. The number of fused-ring (bicyclic) bond motifs is 1. The van der Waals surface area contributed by atoms with Gasteiger partial charge in [0.2, 0.25) is 0 Å². The quantitative estimate of drug-likeness (QED) is 0.864. The summed E-state index contributed by atoms with van der Waals surface area (Å²) in [5.41, 5.74) is 13.2. The van der Waals surface area contributed by atoms with Gasteiger partial charge in [0, 0.05) is 34.3 Å². The molecule has 3 nitrogen and oxygen atoms in total. The Kier molecular flexibility index (Phi) is 3.44. The molecule has 1 saturated carbocycles. The lowest BCUT2D eigenvalue weighted by molar-refractivity contribution is 0.471. The van der Waals surface area contributed by atoms with Crippen LogP contribution in [0.15, 0.2) is 41.4 Å². The van der Waals surface area contributed by atoms with Crippen molar-refractivity contribution in [2.45, 2.75) is 39.2 Å². The zero-order valence-corrected chi connectivity index (χ0v) is 13.8. The largest absolute Gasteiger partial charge is 0.398 e. The Morgan fingerprint density at radius 2 is 1.96 bits per heavy atom. The molecule has 2 atom stereocenters. The van der Waals surface area contributed by atoms with Gasteiger partial charge in [0.25, 0.3) is 0 Å². The van der Waals surface area contributed by atoms with Gasteiger partial charge in [-0.1, -0.05) is 25.1 Å². The number of hydrogen-bond acceptors (Lipinski definition) is 3. The summed E-state index contributed by atoms with van der Waals surface area (Å²) in [4.78, 5) is 9.76. The van der Waals surface area contributed by atoms with Gasteiger partial charge >= 0.3 is 0 Å². The third-order valence-electron chi connectivity index (χ3n) is 4.96. The van der Waals surface area contributed by atoms with Crippen molar-refractivity contribution < 1.29 is 0 Å². The van der Waals surface area contributed by atoms with E-state index in [1.807, 2.05) is 19.1 Å². The minimum Gasteiger partial charge on any atom is -0.398 e. The van der Waals surface area contributed by atoms with Crippen molar-refractivity contribution in [3.05, 3.63) is 58.9 Å². The van der Waals surface area contributed by atoms with Crippen molar-refractivity contribution >= 4 is 11.4 Å². The maximum absolute atomic E-state index is 6.27. The summed E-state index contributed by atoms with van der Waals surface area (Å²) in [6, 6.07) is 12.7. The maximum Gasteiger partial charge on any atom is 0.0789 e. The molecule has 1 aromatic heterocycles. The average Bonchev–Trinajstić information content (AvgIpc) is 3.28. The number of anilines is 1. The number of pyridine rings is 1. The highest BCUT2D eigenvalue weighted by Gasteiger charge is 2.38. The van der Waals surface area contributed by atoms with E-state index in [1.165, 1.54) is 29.7 Å². The first kappa shape index (κ1) is 14.4. The van der Waals surface area contributed by atoms with Gasteiger partial charge < -0.3 is 5.73 Å². The number of aromatic nitrogens is 1. The van der Waals surface area contributed by atoms with Gasteiger partial charge in [-0.15, -0.1) is 0 Å². The lowest BCUT2D eigenvalue weighted by Gasteiger charge is -2.18. The fourth-order valence-corrected chi connectivity index (χ4v) is 3.67. The molecule has 1 aliphatic heterocycles. The fourth-order valence-electron chi connectivity index (χ4n) is 3.67. The summed E-state index contributed by atoms with van der Waals surface area (Å²) in [5.74, 6) is 1.05. The average molecular weight is 305 g/mol. The number of nitrogens with two attached hydrogens (primary N) is 1. The van der Waals surface area contributed by atoms with E-state index in [0.29, 0.717) is 11.8 Å². The van der Waals surface area contributed by atoms with Gasteiger partial charge in [0.05, 0.1) is 6.04 Å². The summed E-state index contributed by atoms with van der Waals surface area (Å²) in [5, 5.41) is 0. The molecule has 2 aromatic rings. The van der Waals surface area contributed by atoms with Crippen molar-refractivity contribution in [3.8, 4) is 0 Å². The van der Waals surface area contributed by atoms with Gasteiger partial charge in [0.1, 0.15) is 0 Å². The van der Waals surface area contributed by atoms with Gasteiger partial charge in [-0.05, 0) is 55.9 Å². The number of aliphatic imine (C=N–C) groups is 1. The molecule has 3 heteroatoms. The molecule has 0 radical (unpaired) electrons. The van der Waals surface area contributed by atoms with Crippen LogP contribution in [0.2, 0.25) is 0 Å². The van der Waals surface area contributed by atoms with Gasteiger partial charge in [-0.2, -0.15) is 0 Å². The summed E-state index contributed by atoms with van der Waals surface area (Å²) in [6.07, 6.45) is 3.46. The van der Waals surface area contributed by atoms with Crippen molar-refractivity contribution in [2.75, 3.05) is 5.73 Å². The first-order valence-corrected chi connectivity index (χ1v) is 8.52. The molecule has 1 fully saturated rings. The Morgan fingerprint density at radius 1 is 1.17 bits per heavy atom. The van der Waals surface area contributed by atoms with Gasteiger partial charge in [-0.3, -0.25) is 9.98 Å². The minimum absolute atomic E-state index is 0.214. The van der Waals surface area contributed by atoms with E-state index in [-0.39, 0.29) is 6.04 Å². The standard InChI is InChI=1S/C20H23N3/c1-12(11-15-6-3-5-13(2)22-15)19-16-7-4-8-17(21)18(16)20(23-19)14-9-10-14/h3-8,12,14,19H,9-11,21H2,1-2H3. The number of hydrogen-bond donors (Lipinski definition) is 1. The van der Waals surface area contributed by atoms with E-state index in [2.05, 4.69) is 36.2 Å². The van der Waals surface area contributed by atoms with E-state index in [9.17, 15) is 0 Å². The van der Waals surface area contributed by atoms with Crippen molar-refractivity contribution in [2.24, 2.45) is 16.8 Å². The molecule has 0 bridgehead atoms. The molecule has 2 aliphatic rings. The summed E-state index contributed by atoms with van der Waals surface area (Å²) >= 11 is 0. The molecule has 23 heavy (non-hydrogen) atoms. The highest BCUT2D eigenvalue weighted by Crippen LogP contribution is 2.45. The predicted octanol–water partition coefficient (Wildman–Crippen LogP) is 4.10. The second-order valence-corrected chi connectivity index (χ2v) is 7.00. The molecule has 2 heterocycles. The van der Waals surface area contributed by atoms with Crippen LogP contribution in [0.3, 0.4) is 0 Å². The topological polar surface area (TPSA) is 51.3 Å². The van der Waals surface area contributed by atoms with Crippen LogP contribution in [-0.2, 0) is 6.42 Å². The zero-order valence-electron chi connectivity index (χ0n) is 13.8. The molecular weight excluding hydrogens is 282 g/mol. The van der Waals surface area contributed by atoms with Crippen LogP contribution in [0.1, 0.15) is 48.3 Å². The number of nitrogen functional groups attached to an aromatic ring is 1. The van der Waals surface area contributed by atoms with Crippen LogP contribution in [0.5, 0.6) is 0 Å². The third-order valence-corrected chi connectivity index (χ3v) is 4.96. The van der Waals surface area contributed by atoms with Gasteiger partial charge in [-0.25, -0.2) is 0 Å². The monoisotopic (exact) mass is 305 g/mol. The zero-order chi connectivity index (χ0) is 16.0. The second-order valence-electron chi connectivity index (χ2n) is 7.00. The lowest BCUT2D eigenvalue weighted by atomic mass is 9.89. The van der Waals surface area contributed by atoms with E-state index in [0.717, 1.165) is 23.5 Å². The Labute approximate surface area is 137 Å². The van der Waals surface area contributed by atoms with Crippen LogP contribution < -0.4 is 5.73 Å². The fraction of sp³-hybridized carbons (Fsp3) is 0.400. The van der Waals surface area contributed by atoms with Crippen molar-refractivity contribution in [3.63, 3.8) is 0 Å². The smallest absolute Gasteiger partial charge is 0.0789 e. The van der Waals surface area contributed by atoms with Crippen molar-refractivity contribution in [1.82, 2.24) is 4.98 Å². The number of benzene rings is 1. The van der Waals surface area contributed by atoms with Crippen LogP contribution >= 0.6 is 0 Å². The van der Waals surface area contributed by atoms with Crippen molar-refractivity contribution in [1.29, 1.82) is 0 Å². The second kappa shape index (κ2) is 5.48. The molecular formula is C20H23N3. The van der Waals surface area contributed by atoms with Crippen LogP contribution in [0.4, 0.5) is 5.69 Å². The predicted molar refractivity (Wildman–Crippen MR) is 94.7 cm³/mol. The van der Waals surface area contributed by atoms with E-state index < -0.39 is 0 Å². The first-order valence-electron chi connectivity index (χ1n) is 8.52. The normalized spacial score (nSPS) is 21.0. The highest BCUT2D eigenvalue weighted by atomic mass is 14.9. The molecule has 2 unspecified atom stereocenters. The molecule has 0 spiro atoms. The summed E-state index contributed by atoms with van der Waals surface area (Å²) in [6.45, 7) is 4.32. The van der Waals surface area contributed by atoms with E-state index >= 15 is 0 Å². The number of nitrogens with zero attached hydrogens (tertiary/aromatic N) is 2. The van der Waals surface area contributed by atoms with E-state index in [1.54, 1.807) is 0 Å². The summed E-state index contributed by atoms with van der Waals surface area (Å²) < 4.78 is 0. The lowest BCUT2D eigenvalue weighted by Crippen LogP contribution is -2.11. The van der Waals surface area contributed by atoms with Crippen LogP contribution in [0, 0.1) is 18.8 Å². The molecule has 1 aliphatic carbocycles. The van der Waals surface area contributed by atoms with Crippen LogP contribution in [0.25, 0.3) is 0 Å². The first-order chi connectivity index (χ1) is 11.1. The molecule has 118 valence electrons. The molecule has 0 saturated heterocycles. The maximum atomic E-state index is 6.27. The SMILES string of the molecule is Cc1cccc(CC(C)C2N=C(C3CC3)c3c(N)cccc32)n1. The molecule has 2 N–H and O–H groups in total. The number of rotatable bonds is 4. The Morgan fingerprint density at radius 3 is 2.70 bits per heavy atom. The summed E-state index contributed by atoms with van der Waals surface area (Å²) in [7, 11) is 0. The number of aryl methyl sites for hydroxylation is 1. The Hall–Kier alpha value is -2.16. The minimum atomic E-state index is 0.214. The third kappa shape index (κ3) is 2.65. The molecule has 0 amide bonds. The van der Waals surface area contributed by atoms with Gasteiger partial charge in [0.15, 0.2) is 0 Å².